The van der Waals surface area contributed by atoms with E-state index < -0.39 is 48.6 Å². The van der Waals surface area contributed by atoms with Gasteiger partial charge < -0.3 is 16.0 Å². The van der Waals surface area contributed by atoms with Crippen molar-refractivity contribution in [1.29, 1.82) is 0 Å². The first-order valence-electron chi connectivity index (χ1n) is 10.4. The maximum atomic E-state index is 14.2. The molecule has 3 N–H and O–H groups in total. The highest BCUT2D eigenvalue weighted by Gasteiger charge is 2.49. The molecule has 1 atom stereocenters. The Kier molecular flexibility index (Phi) is 6.26. The van der Waals surface area contributed by atoms with Crippen LogP contribution in [0.3, 0.4) is 0 Å². The van der Waals surface area contributed by atoms with E-state index in [0.717, 1.165) is 9.47 Å². The Morgan fingerprint density at radius 2 is 1.88 bits per heavy atom. The van der Waals surface area contributed by atoms with Crippen LogP contribution in [0.4, 0.5) is 28.4 Å². The van der Waals surface area contributed by atoms with Gasteiger partial charge in [-0.3, -0.25) is 9.36 Å². The van der Waals surface area contributed by atoms with E-state index in [1.807, 2.05) is 0 Å². The number of carbonyl (C=O) groups is 3. The molecule has 7 nitrogen and oxygen atoms in total. The van der Waals surface area contributed by atoms with Crippen LogP contribution >= 0.6 is 11.6 Å². The van der Waals surface area contributed by atoms with Crippen molar-refractivity contribution in [3.05, 3.63) is 65.1 Å². The van der Waals surface area contributed by atoms with Gasteiger partial charge in [0.15, 0.2) is 5.78 Å². The monoisotopic (exact) mass is 492 g/mol. The van der Waals surface area contributed by atoms with Crippen molar-refractivity contribution in [1.82, 2.24) is 9.47 Å². The highest BCUT2D eigenvalue weighted by molar-refractivity contribution is 6.30. The second kappa shape index (κ2) is 9.02. The number of aromatic nitrogens is 1. The zero-order chi connectivity index (χ0) is 24.6. The summed E-state index contributed by atoms with van der Waals surface area (Å²) in [6.07, 6.45) is 0.163. The average molecular weight is 493 g/mol. The van der Waals surface area contributed by atoms with Crippen molar-refractivity contribution >= 4 is 46.0 Å². The van der Waals surface area contributed by atoms with E-state index in [2.05, 4.69) is 5.32 Å². The van der Waals surface area contributed by atoms with Crippen molar-refractivity contribution in [2.45, 2.75) is 31.2 Å². The number of nitrogens with one attached hydrogen (secondary N) is 1. The molecule has 1 fully saturated rings. The molecule has 0 unspecified atom stereocenters. The molecule has 0 spiro atoms. The number of urea groups is 1. The highest BCUT2D eigenvalue weighted by Crippen LogP contribution is 2.34. The number of Topliss-reactive ketones (excluding diaryl/α,β-unsaturated/α-hetero) is 1. The minimum absolute atomic E-state index is 0.0468. The lowest BCUT2D eigenvalue weighted by Gasteiger charge is -2.23. The molecule has 0 bridgehead atoms. The SMILES string of the molecule is NC(=O)n1cc(NC(=O)N2CC(F)(F)C[C@H]2C(=O)CCc2cccc(Cl)c2F)c2ccccc21. The van der Waals surface area contributed by atoms with Crippen LogP contribution in [0.5, 0.6) is 0 Å². The molecule has 1 aromatic heterocycles. The molecule has 11 heteroatoms. The number of alkyl halides is 2. The number of hydrogen-bond donors (Lipinski definition) is 2. The molecule has 4 rings (SSSR count). The summed E-state index contributed by atoms with van der Waals surface area (Å²) in [5.74, 6) is -4.55. The number of rotatable bonds is 5. The molecule has 2 heterocycles. The van der Waals surface area contributed by atoms with E-state index in [1.165, 1.54) is 24.4 Å². The number of ketones is 1. The van der Waals surface area contributed by atoms with E-state index in [9.17, 15) is 27.6 Å². The van der Waals surface area contributed by atoms with E-state index >= 15 is 0 Å². The van der Waals surface area contributed by atoms with Crippen LogP contribution in [0.25, 0.3) is 10.9 Å². The van der Waals surface area contributed by atoms with Crippen molar-refractivity contribution in [2.24, 2.45) is 5.73 Å². The van der Waals surface area contributed by atoms with E-state index in [0.29, 0.717) is 10.9 Å². The summed E-state index contributed by atoms with van der Waals surface area (Å²) in [5.41, 5.74) is 6.15. The number of amides is 3. The zero-order valence-corrected chi connectivity index (χ0v) is 18.5. The number of benzene rings is 2. The van der Waals surface area contributed by atoms with Gasteiger partial charge in [-0.1, -0.05) is 41.9 Å². The number of hydrogen-bond acceptors (Lipinski definition) is 3. The van der Waals surface area contributed by atoms with Crippen molar-refractivity contribution in [2.75, 3.05) is 11.9 Å². The molecule has 178 valence electrons. The summed E-state index contributed by atoms with van der Waals surface area (Å²) in [6, 6.07) is 7.84. The second-order valence-corrected chi connectivity index (χ2v) is 8.49. The molecule has 0 radical (unpaired) electrons. The molecule has 1 saturated heterocycles. The smallest absolute Gasteiger partial charge is 0.323 e. The van der Waals surface area contributed by atoms with Crippen LogP contribution in [-0.4, -0.2) is 45.8 Å². The number of nitrogens with two attached hydrogens (primary N) is 1. The first-order chi connectivity index (χ1) is 16.1. The Labute approximate surface area is 197 Å². The summed E-state index contributed by atoms with van der Waals surface area (Å²) < 4.78 is 43.7. The van der Waals surface area contributed by atoms with E-state index in [1.54, 1.807) is 24.3 Å². The van der Waals surface area contributed by atoms with Gasteiger partial charge >= 0.3 is 12.1 Å². The van der Waals surface area contributed by atoms with Gasteiger partial charge in [0.05, 0.1) is 28.8 Å². The number of para-hydroxylation sites is 1. The van der Waals surface area contributed by atoms with Gasteiger partial charge in [0.2, 0.25) is 0 Å². The van der Waals surface area contributed by atoms with Crippen LogP contribution in [0.1, 0.15) is 18.4 Å². The maximum Gasteiger partial charge on any atom is 0.323 e. The van der Waals surface area contributed by atoms with Gasteiger partial charge in [0, 0.05) is 24.4 Å². The average Bonchev–Trinajstić information content (AvgIpc) is 3.32. The van der Waals surface area contributed by atoms with Gasteiger partial charge in [-0.2, -0.15) is 0 Å². The molecule has 0 aliphatic carbocycles. The highest BCUT2D eigenvalue weighted by atomic mass is 35.5. The fourth-order valence-corrected chi connectivity index (χ4v) is 4.33. The second-order valence-electron chi connectivity index (χ2n) is 8.08. The first-order valence-corrected chi connectivity index (χ1v) is 10.8. The number of anilines is 1. The lowest BCUT2D eigenvalue weighted by molar-refractivity contribution is -0.122. The molecule has 0 saturated carbocycles. The van der Waals surface area contributed by atoms with E-state index in [4.69, 9.17) is 17.3 Å². The van der Waals surface area contributed by atoms with Gasteiger partial charge in [-0.15, -0.1) is 0 Å². The van der Waals surface area contributed by atoms with Gasteiger partial charge in [0.25, 0.3) is 5.92 Å². The third kappa shape index (κ3) is 4.58. The normalized spacial score (nSPS) is 17.2. The van der Waals surface area contributed by atoms with Crippen LogP contribution in [0.15, 0.2) is 48.7 Å². The molecule has 1 aliphatic rings. The minimum atomic E-state index is -3.26. The standard InChI is InChI=1S/C23H20ClF3N4O3/c24-15-6-3-4-13(20(15)25)8-9-19(32)18-10-23(26,27)12-31(18)22(34)29-16-11-30(21(28)33)17-7-2-1-5-14(16)17/h1-7,11,18H,8-10,12H2,(H2,28,33)(H,29,34)/t18-/m0/s1. The summed E-state index contributed by atoms with van der Waals surface area (Å²) in [7, 11) is 0. The van der Waals surface area contributed by atoms with Gasteiger partial charge in [-0.25, -0.2) is 22.8 Å². The topological polar surface area (TPSA) is 97.4 Å². The summed E-state index contributed by atoms with van der Waals surface area (Å²) >= 11 is 5.75. The number of carbonyl (C=O) groups excluding carboxylic acids is 3. The molecule has 2 aromatic carbocycles. The lowest BCUT2D eigenvalue weighted by Crippen LogP contribution is -2.43. The zero-order valence-electron chi connectivity index (χ0n) is 17.7. The minimum Gasteiger partial charge on any atom is -0.351 e. The molecular weight excluding hydrogens is 473 g/mol. The van der Waals surface area contributed by atoms with Crippen LogP contribution in [0, 0.1) is 5.82 Å². The van der Waals surface area contributed by atoms with Crippen molar-refractivity contribution in [3.63, 3.8) is 0 Å². The van der Waals surface area contributed by atoms with Crippen LogP contribution in [-0.2, 0) is 11.2 Å². The lowest BCUT2D eigenvalue weighted by atomic mass is 10.0. The Morgan fingerprint density at radius 1 is 1.15 bits per heavy atom. The predicted octanol–water partition coefficient (Wildman–Crippen LogP) is 4.80. The number of aryl methyl sites for hydroxylation is 1. The molecule has 3 amide bonds. The molecular formula is C23H20ClF3N4O3. The number of nitrogens with zero attached hydrogens (tertiary/aromatic N) is 2. The molecule has 3 aromatic rings. The van der Waals surface area contributed by atoms with Gasteiger partial charge in [0.1, 0.15) is 5.82 Å². The third-order valence-electron chi connectivity index (χ3n) is 5.77. The predicted molar refractivity (Wildman–Crippen MR) is 121 cm³/mol. The Hall–Kier alpha value is -3.53. The third-order valence-corrected chi connectivity index (χ3v) is 6.06. The van der Waals surface area contributed by atoms with Crippen molar-refractivity contribution < 1.29 is 27.6 Å². The number of halogens is 4. The van der Waals surface area contributed by atoms with Crippen LogP contribution in [0.2, 0.25) is 5.02 Å². The molecule has 1 aliphatic heterocycles. The first kappa shape index (κ1) is 23.6. The van der Waals surface area contributed by atoms with Crippen LogP contribution < -0.4 is 11.1 Å². The number of fused-ring (bicyclic) bond motifs is 1. The maximum absolute atomic E-state index is 14.2. The van der Waals surface area contributed by atoms with Gasteiger partial charge in [-0.05, 0) is 24.1 Å². The summed E-state index contributed by atoms with van der Waals surface area (Å²) in [6.45, 7) is -0.949. The van der Waals surface area contributed by atoms with Crippen molar-refractivity contribution in [3.8, 4) is 0 Å². The Morgan fingerprint density at radius 3 is 2.62 bits per heavy atom. The Balaban J connectivity index is 1.53. The molecule has 34 heavy (non-hydrogen) atoms. The largest absolute Gasteiger partial charge is 0.351 e. The fourth-order valence-electron chi connectivity index (χ4n) is 4.13. The summed E-state index contributed by atoms with van der Waals surface area (Å²) in [5, 5.41) is 2.88. The number of likely N-dealkylation sites (tertiary alicyclic amines) is 1. The number of primary amides is 1. The summed E-state index contributed by atoms with van der Waals surface area (Å²) in [4.78, 5) is 38.2. The van der Waals surface area contributed by atoms with E-state index in [-0.39, 0.29) is 29.1 Å². The quantitative estimate of drug-likeness (QED) is 0.535. The Bertz CT molecular complexity index is 1290. The fraction of sp³-hybridized carbons (Fsp3) is 0.261.